The van der Waals surface area contributed by atoms with Crippen molar-refractivity contribution in [3.8, 4) is 0 Å². The highest BCUT2D eigenvalue weighted by molar-refractivity contribution is 7.15. The van der Waals surface area contributed by atoms with Gasteiger partial charge in [-0.3, -0.25) is 10.1 Å². The highest BCUT2D eigenvalue weighted by Gasteiger charge is 2.31. The molecule has 0 saturated carbocycles. The smallest absolute Gasteiger partial charge is 0.339 e. The fraction of sp³-hybridized carbons (Fsp3) is 0.353. The number of carbonyl (C=O) groups is 2. The maximum absolute atomic E-state index is 12.4. The molecular formula is C17H16N2O3S. The van der Waals surface area contributed by atoms with Gasteiger partial charge in [0.25, 0.3) is 5.91 Å². The predicted molar refractivity (Wildman–Crippen MR) is 86.7 cm³/mol. The molecule has 4 rings (SSSR count). The Morgan fingerprint density at radius 3 is 2.96 bits per heavy atom. The zero-order valence-electron chi connectivity index (χ0n) is 12.5. The first-order valence-corrected chi connectivity index (χ1v) is 8.60. The topological polar surface area (TPSA) is 68.3 Å². The number of esters is 1. The minimum atomic E-state index is -0.793. The molecule has 0 bridgehead atoms. The Hall–Kier alpha value is -2.21. The highest BCUT2D eigenvalue weighted by atomic mass is 32.1. The van der Waals surface area contributed by atoms with Gasteiger partial charge < -0.3 is 4.74 Å². The number of anilines is 1. The Morgan fingerprint density at radius 2 is 2.09 bits per heavy atom. The number of amides is 1. The molecule has 6 heteroatoms. The second kappa shape index (κ2) is 5.77. The van der Waals surface area contributed by atoms with Crippen LogP contribution in [0.1, 0.15) is 39.3 Å². The predicted octanol–water partition coefficient (Wildman–Crippen LogP) is 2.74. The zero-order chi connectivity index (χ0) is 15.8. The number of cyclic esters (lactones) is 1. The van der Waals surface area contributed by atoms with Crippen LogP contribution in [0.4, 0.5) is 5.13 Å². The summed E-state index contributed by atoms with van der Waals surface area (Å²) in [5, 5.41) is 3.42. The Balaban J connectivity index is 1.50. The fourth-order valence-electron chi connectivity index (χ4n) is 3.07. The van der Waals surface area contributed by atoms with Gasteiger partial charge in [-0.05, 0) is 37.3 Å². The summed E-state index contributed by atoms with van der Waals surface area (Å²) in [5.74, 6) is -0.746. The van der Waals surface area contributed by atoms with Crippen LogP contribution in [0.25, 0.3) is 0 Å². The summed E-state index contributed by atoms with van der Waals surface area (Å²) in [6.07, 6.45) is 3.96. The molecule has 0 unspecified atom stereocenters. The molecule has 0 radical (unpaired) electrons. The van der Waals surface area contributed by atoms with Crippen molar-refractivity contribution in [2.75, 3.05) is 5.32 Å². The quantitative estimate of drug-likeness (QED) is 0.861. The average Bonchev–Trinajstić information content (AvgIpc) is 2.97. The van der Waals surface area contributed by atoms with E-state index in [2.05, 4.69) is 10.3 Å². The number of hydrogen-bond acceptors (Lipinski definition) is 5. The van der Waals surface area contributed by atoms with E-state index >= 15 is 0 Å². The van der Waals surface area contributed by atoms with E-state index in [9.17, 15) is 9.59 Å². The van der Waals surface area contributed by atoms with E-state index < -0.39 is 12.1 Å². The normalized spacial score (nSPS) is 19.5. The van der Waals surface area contributed by atoms with Crippen molar-refractivity contribution in [1.29, 1.82) is 0 Å². The van der Waals surface area contributed by atoms with E-state index in [1.807, 2.05) is 12.1 Å². The molecule has 1 aliphatic heterocycles. The first-order chi connectivity index (χ1) is 11.2. The second-order valence-corrected chi connectivity index (χ2v) is 6.92. The molecule has 0 spiro atoms. The number of ether oxygens (including phenoxy) is 1. The Kier molecular flexibility index (Phi) is 3.61. The molecule has 1 aromatic heterocycles. The number of fused-ring (bicyclic) bond motifs is 2. The number of hydrogen-bond donors (Lipinski definition) is 1. The number of aromatic nitrogens is 1. The molecule has 0 saturated heterocycles. The van der Waals surface area contributed by atoms with Gasteiger partial charge in [-0.2, -0.15) is 0 Å². The van der Waals surface area contributed by atoms with Gasteiger partial charge in [0.1, 0.15) is 0 Å². The van der Waals surface area contributed by atoms with Crippen LogP contribution in [0.2, 0.25) is 0 Å². The number of aryl methyl sites for hydroxylation is 2. The Morgan fingerprint density at radius 1 is 1.26 bits per heavy atom. The van der Waals surface area contributed by atoms with Crippen LogP contribution in [0, 0.1) is 0 Å². The minimum Gasteiger partial charge on any atom is -0.448 e. The lowest BCUT2D eigenvalue weighted by Gasteiger charge is -2.23. The Bertz CT molecular complexity index is 760. The van der Waals surface area contributed by atoms with E-state index in [4.69, 9.17) is 4.74 Å². The summed E-state index contributed by atoms with van der Waals surface area (Å²) >= 11 is 1.53. The zero-order valence-corrected chi connectivity index (χ0v) is 13.3. The third-order valence-electron chi connectivity index (χ3n) is 4.26. The molecule has 23 heavy (non-hydrogen) atoms. The minimum absolute atomic E-state index is 0.307. The highest BCUT2D eigenvalue weighted by Crippen LogP contribution is 2.30. The molecule has 1 aromatic carbocycles. The van der Waals surface area contributed by atoms with Gasteiger partial charge >= 0.3 is 5.97 Å². The fourth-order valence-corrected chi connectivity index (χ4v) is 4.12. The number of thiazole rings is 1. The SMILES string of the molecule is O=C1O[C@@H](C(=O)Nc2nc3c(s2)CCCC3)Cc2ccccc21. The Labute approximate surface area is 137 Å². The monoisotopic (exact) mass is 328 g/mol. The van der Waals surface area contributed by atoms with E-state index in [-0.39, 0.29) is 5.91 Å². The van der Waals surface area contributed by atoms with Gasteiger partial charge in [-0.1, -0.05) is 18.2 Å². The van der Waals surface area contributed by atoms with Gasteiger partial charge in [0.15, 0.2) is 11.2 Å². The molecule has 2 aliphatic rings. The van der Waals surface area contributed by atoms with Crippen molar-refractivity contribution >= 4 is 28.3 Å². The third kappa shape index (κ3) is 2.74. The molecule has 0 fully saturated rings. The van der Waals surface area contributed by atoms with E-state index in [1.165, 1.54) is 22.6 Å². The van der Waals surface area contributed by atoms with E-state index in [0.717, 1.165) is 30.5 Å². The summed E-state index contributed by atoms with van der Waals surface area (Å²) in [7, 11) is 0. The molecular weight excluding hydrogens is 312 g/mol. The first-order valence-electron chi connectivity index (χ1n) is 7.79. The van der Waals surface area contributed by atoms with Crippen molar-refractivity contribution < 1.29 is 14.3 Å². The molecule has 5 nitrogen and oxygen atoms in total. The summed E-state index contributed by atoms with van der Waals surface area (Å²) in [5.41, 5.74) is 2.49. The van der Waals surface area contributed by atoms with Crippen LogP contribution in [0.5, 0.6) is 0 Å². The molecule has 1 amide bonds. The lowest BCUT2D eigenvalue weighted by Crippen LogP contribution is -2.37. The van der Waals surface area contributed by atoms with Gasteiger partial charge in [0.2, 0.25) is 0 Å². The molecule has 2 aromatic rings. The number of nitrogens with zero attached hydrogens (tertiary/aromatic N) is 1. The van der Waals surface area contributed by atoms with E-state index in [0.29, 0.717) is 17.1 Å². The van der Waals surface area contributed by atoms with Crippen molar-refractivity contribution in [1.82, 2.24) is 4.98 Å². The van der Waals surface area contributed by atoms with Crippen molar-refractivity contribution in [3.05, 3.63) is 46.0 Å². The maximum Gasteiger partial charge on any atom is 0.339 e. The van der Waals surface area contributed by atoms with Crippen molar-refractivity contribution in [2.24, 2.45) is 0 Å². The number of carbonyl (C=O) groups excluding carboxylic acids is 2. The van der Waals surface area contributed by atoms with Crippen LogP contribution < -0.4 is 5.32 Å². The van der Waals surface area contributed by atoms with Crippen LogP contribution in [-0.2, 0) is 28.8 Å². The standard InChI is InChI=1S/C17H16N2O3S/c20-15(19-17-18-12-7-3-4-8-14(12)23-17)13-9-10-5-1-2-6-11(10)16(21)22-13/h1-2,5-6,13H,3-4,7-9H2,(H,18,19,20)/t13-/m1/s1. The van der Waals surface area contributed by atoms with Gasteiger partial charge in [0.05, 0.1) is 11.3 Å². The number of rotatable bonds is 2. The summed E-state index contributed by atoms with van der Waals surface area (Å²) in [6, 6.07) is 7.24. The number of nitrogens with one attached hydrogen (secondary N) is 1. The van der Waals surface area contributed by atoms with Gasteiger partial charge in [-0.15, -0.1) is 11.3 Å². The molecule has 1 aliphatic carbocycles. The van der Waals surface area contributed by atoms with Crippen LogP contribution in [0.15, 0.2) is 24.3 Å². The van der Waals surface area contributed by atoms with Crippen LogP contribution in [-0.4, -0.2) is 23.0 Å². The second-order valence-electron chi connectivity index (χ2n) is 5.84. The first kappa shape index (κ1) is 14.4. The van der Waals surface area contributed by atoms with Gasteiger partial charge in [-0.25, -0.2) is 9.78 Å². The summed E-state index contributed by atoms with van der Waals surface area (Å²) in [4.78, 5) is 30.2. The van der Waals surface area contributed by atoms with Crippen LogP contribution in [0.3, 0.4) is 0 Å². The molecule has 118 valence electrons. The lowest BCUT2D eigenvalue weighted by molar-refractivity contribution is -0.125. The van der Waals surface area contributed by atoms with Crippen molar-refractivity contribution in [3.63, 3.8) is 0 Å². The number of benzene rings is 1. The third-order valence-corrected chi connectivity index (χ3v) is 5.33. The summed E-state index contributed by atoms with van der Waals surface area (Å²) in [6.45, 7) is 0. The van der Waals surface area contributed by atoms with Crippen LogP contribution >= 0.6 is 11.3 Å². The average molecular weight is 328 g/mol. The lowest BCUT2D eigenvalue weighted by atomic mass is 9.98. The molecule has 1 N–H and O–H groups in total. The molecule has 2 heterocycles. The molecule has 1 atom stereocenters. The van der Waals surface area contributed by atoms with E-state index in [1.54, 1.807) is 12.1 Å². The van der Waals surface area contributed by atoms with Crippen molar-refractivity contribution in [2.45, 2.75) is 38.2 Å². The van der Waals surface area contributed by atoms with Gasteiger partial charge in [0, 0.05) is 11.3 Å². The summed E-state index contributed by atoms with van der Waals surface area (Å²) < 4.78 is 5.27. The largest absolute Gasteiger partial charge is 0.448 e. The maximum atomic E-state index is 12.4.